The maximum atomic E-state index is 15.0. The number of ether oxygens (including phenoxy) is 1. The molecule has 4 rings (SSSR count). The Labute approximate surface area is 194 Å². The average molecular weight is 478 g/mol. The number of alkyl halides is 2. The molecule has 0 aliphatic heterocycles. The first-order valence-electron chi connectivity index (χ1n) is 11.3. The molecule has 1 aliphatic rings. The van der Waals surface area contributed by atoms with Gasteiger partial charge in [0, 0.05) is 5.56 Å². The molecule has 0 aromatic heterocycles. The summed E-state index contributed by atoms with van der Waals surface area (Å²) in [5, 5.41) is 0. The van der Waals surface area contributed by atoms with Crippen LogP contribution in [0.3, 0.4) is 0 Å². The standard InChI is InChI=1S/C27H24F6O/c1-2-16-7-9-17(10-8-16)18-11-12-21(22(28)13-18)27(32,33)34-25-6-4-3-5-20(25)19-14-23(29)26(31)24(30)15-19/h3-6,11-17H,2,7-10H2,1H3. The summed E-state index contributed by atoms with van der Waals surface area (Å²) in [6.07, 6.45) is 0.888. The van der Waals surface area contributed by atoms with Gasteiger partial charge in [-0.2, -0.15) is 8.78 Å². The molecule has 0 bridgehead atoms. The number of para-hydroxylation sites is 1. The first-order chi connectivity index (χ1) is 16.2. The predicted molar refractivity (Wildman–Crippen MR) is 118 cm³/mol. The zero-order valence-corrected chi connectivity index (χ0v) is 18.6. The molecule has 0 heterocycles. The summed E-state index contributed by atoms with van der Waals surface area (Å²) < 4.78 is 90.4. The number of benzene rings is 3. The van der Waals surface area contributed by atoms with Gasteiger partial charge in [-0.15, -0.1) is 0 Å². The molecule has 0 radical (unpaired) electrons. The lowest BCUT2D eigenvalue weighted by atomic mass is 9.78. The van der Waals surface area contributed by atoms with Gasteiger partial charge in [-0.3, -0.25) is 0 Å². The van der Waals surface area contributed by atoms with Gasteiger partial charge in [0.15, 0.2) is 17.5 Å². The Hall–Kier alpha value is -2.96. The zero-order valence-electron chi connectivity index (χ0n) is 18.6. The summed E-state index contributed by atoms with van der Waals surface area (Å²) in [4.78, 5) is 0. The molecule has 1 nitrogen and oxygen atoms in total. The smallest absolute Gasteiger partial charge is 0.428 e. The fraction of sp³-hybridized carbons (Fsp3) is 0.333. The molecular weight excluding hydrogens is 454 g/mol. The van der Waals surface area contributed by atoms with Gasteiger partial charge in [-0.25, -0.2) is 17.6 Å². The highest BCUT2D eigenvalue weighted by Crippen LogP contribution is 2.41. The van der Waals surface area contributed by atoms with Crippen LogP contribution in [0, 0.1) is 29.2 Å². The molecule has 1 saturated carbocycles. The normalized spacial score (nSPS) is 18.7. The molecule has 1 fully saturated rings. The van der Waals surface area contributed by atoms with Crippen LogP contribution in [0.1, 0.15) is 56.1 Å². The molecule has 0 N–H and O–H groups in total. The summed E-state index contributed by atoms with van der Waals surface area (Å²) in [5.74, 6) is -5.34. The second-order valence-corrected chi connectivity index (χ2v) is 8.73. The van der Waals surface area contributed by atoms with Gasteiger partial charge in [0.2, 0.25) is 0 Å². The molecular formula is C27H24F6O. The van der Waals surface area contributed by atoms with Gasteiger partial charge in [-0.1, -0.05) is 37.6 Å². The lowest BCUT2D eigenvalue weighted by Gasteiger charge is -2.28. The van der Waals surface area contributed by atoms with Gasteiger partial charge >= 0.3 is 6.11 Å². The summed E-state index contributed by atoms with van der Waals surface area (Å²) in [6, 6.07) is 10.3. The van der Waals surface area contributed by atoms with E-state index < -0.39 is 40.7 Å². The van der Waals surface area contributed by atoms with Crippen LogP contribution in [0.4, 0.5) is 26.3 Å². The summed E-state index contributed by atoms with van der Waals surface area (Å²) in [7, 11) is 0. The van der Waals surface area contributed by atoms with E-state index in [2.05, 4.69) is 6.92 Å². The van der Waals surface area contributed by atoms with E-state index in [1.54, 1.807) is 0 Å². The number of hydrogen-bond donors (Lipinski definition) is 0. The molecule has 0 spiro atoms. The molecule has 34 heavy (non-hydrogen) atoms. The molecule has 180 valence electrons. The molecule has 0 unspecified atom stereocenters. The first-order valence-corrected chi connectivity index (χ1v) is 11.3. The van der Waals surface area contributed by atoms with Crippen molar-refractivity contribution in [3.63, 3.8) is 0 Å². The van der Waals surface area contributed by atoms with Crippen LogP contribution in [0.2, 0.25) is 0 Å². The van der Waals surface area contributed by atoms with Gasteiger partial charge < -0.3 is 4.74 Å². The molecule has 7 heteroatoms. The fourth-order valence-corrected chi connectivity index (χ4v) is 4.62. The second kappa shape index (κ2) is 9.72. The van der Waals surface area contributed by atoms with Crippen LogP contribution >= 0.6 is 0 Å². The van der Waals surface area contributed by atoms with E-state index in [0.29, 0.717) is 23.6 Å². The lowest BCUT2D eigenvalue weighted by Crippen LogP contribution is -2.24. The molecule has 1 aliphatic carbocycles. The van der Waals surface area contributed by atoms with Gasteiger partial charge in [-0.05, 0) is 79.0 Å². The quantitative estimate of drug-likeness (QED) is 0.254. The van der Waals surface area contributed by atoms with E-state index in [1.807, 2.05) is 0 Å². The fourth-order valence-electron chi connectivity index (χ4n) is 4.62. The van der Waals surface area contributed by atoms with E-state index in [9.17, 15) is 17.6 Å². The minimum atomic E-state index is -4.06. The highest BCUT2D eigenvalue weighted by Gasteiger charge is 2.39. The predicted octanol–water partition coefficient (Wildman–Crippen LogP) is 8.72. The van der Waals surface area contributed by atoms with E-state index in [1.165, 1.54) is 30.3 Å². The topological polar surface area (TPSA) is 9.23 Å². The van der Waals surface area contributed by atoms with Crippen molar-refractivity contribution in [2.24, 2.45) is 5.92 Å². The Morgan fingerprint density at radius 1 is 0.824 bits per heavy atom. The van der Waals surface area contributed by atoms with Gasteiger partial charge in [0.1, 0.15) is 11.6 Å². The second-order valence-electron chi connectivity index (χ2n) is 8.73. The van der Waals surface area contributed by atoms with E-state index in [4.69, 9.17) is 4.74 Å². The maximum absolute atomic E-state index is 15.0. The lowest BCUT2D eigenvalue weighted by molar-refractivity contribution is -0.187. The molecule has 0 saturated heterocycles. The minimum Gasteiger partial charge on any atom is -0.428 e. The Bertz CT molecular complexity index is 1140. The van der Waals surface area contributed by atoms with Crippen LogP contribution < -0.4 is 4.74 Å². The van der Waals surface area contributed by atoms with Crippen molar-refractivity contribution >= 4 is 0 Å². The van der Waals surface area contributed by atoms with Crippen molar-refractivity contribution < 1.29 is 31.1 Å². The van der Waals surface area contributed by atoms with E-state index in [-0.39, 0.29) is 17.0 Å². The Balaban J connectivity index is 1.60. The van der Waals surface area contributed by atoms with Crippen LogP contribution in [0.5, 0.6) is 5.75 Å². The Morgan fingerprint density at radius 3 is 2.09 bits per heavy atom. The molecule has 3 aromatic rings. The Morgan fingerprint density at radius 2 is 1.47 bits per heavy atom. The third-order valence-corrected chi connectivity index (χ3v) is 6.62. The molecule has 3 aromatic carbocycles. The van der Waals surface area contributed by atoms with E-state index >= 15 is 8.78 Å². The van der Waals surface area contributed by atoms with Crippen molar-refractivity contribution in [2.75, 3.05) is 0 Å². The van der Waals surface area contributed by atoms with Gasteiger partial charge in [0.25, 0.3) is 0 Å². The minimum absolute atomic E-state index is 0.0929. The van der Waals surface area contributed by atoms with Crippen molar-refractivity contribution in [3.8, 4) is 16.9 Å². The third kappa shape index (κ3) is 4.93. The molecule has 0 atom stereocenters. The van der Waals surface area contributed by atoms with Crippen LogP contribution in [0.25, 0.3) is 11.1 Å². The SMILES string of the molecule is CCC1CCC(c2ccc(C(F)(F)Oc3ccccc3-c3cc(F)c(F)c(F)c3)c(F)c2)CC1. The van der Waals surface area contributed by atoms with Gasteiger partial charge in [0.05, 0.1) is 5.56 Å². The summed E-state index contributed by atoms with van der Waals surface area (Å²) in [5.41, 5.74) is -0.542. The third-order valence-electron chi connectivity index (χ3n) is 6.62. The van der Waals surface area contributed by atoms with Crippen molar-refractivity contribution in [3.05, 3.63) is 89.0 Å². The number of halogens is 6. The van der Waals surface area contributed by atoms with Crippen LogP contribution in [0.15, 0.2) is 54.6 Å². The van der Waals surface area contributed by atoms with E-state index in [0.717, 1.165) is 44.2 Å². The van der Waals surface area contributed by atoms with Crippen molar-refractivity contribution in [2.45, 2.75) is 51.1 Å². The van der Waals surface area contributed by atoms with Crippen LogP contribution in [-0.4, -0.2) is 0 Å². The zero-order chi connectivity index (χ0) is 24.5. The summed E-state index contributed by atoms with van der Waals surface area (Å²) in [6.45, 7) is 2.14. The Kier molecular flexibility index (Phi) is 6.91. The average Bonchev–Trinajstić information content (AvgIpc) is 2.82. The highest BCUT2D eigenvalue weighted by atomic mass is 19.3. The monoisotopic (exact) mass is 478 g/mol. The van der Waals surface area contributed by atoms with Crippen LogP contribution in [-0.2, 0) is 6.11 Å². The number of rotatable bonds is 6. The molecule has 0 amide bonds. The highest BCUT2D eigenvalue weighted by molar-refractivity contribution is 5.70. The first kappa shape index (κ1) is 24.2. The number of hydrogen-bond acceptors (Lipinski definition) is 1. The maximum Gasteiger partial charge on any atom is 0.429 e. The largest absolute Gasteiger partial charge is 0.429 e. The van der Waals surface area contributed by atoms with Crippen molar-refractivity contribution in [1.29, 1.82) is 0 Å². The van der Waals surface area contributed by atoms with Crippen molar-refractivity contribution in [1.82, 2.24) is 0 Å². The summed E-state index contributed by atoms with van der Waals surface area (Å²) >= 11 is 0.